The van der Waals surface area contributed by atoms with Gasteiger partial charge < -0.3 is 0 Å². The number of halogens is 3. The molecule has 0 fully saturated rings. The van der Waals surface area contributed by atoms with Crippen LogP contribution in [0.3, 0.4) is 0 Å². The minimum atomic E-state index is -4.22. The molecule has 2 rings (SSSR count). The number of alkyl halides is 3. The van der Waals surface area contributed by atoms with Crippen molar-refractivity contribution < 1.29 is 13.2 Å². The van der Waals surface area contributed by atoms with Crippen LogP contribution in [0.25, 0.3) is 11.4 Å². The van der Waals surface area contributed by atoms with Gasteiger partial charge in [-0.2, -0.15) is 18.3 Å². The maximum Gasteiger partial charge on any atom is 0.398 e. The fourth-order valence-electron chi connectivity index (χ4n) is 1.51. The second kappa shape index (κ2) is 5.69. The summed E-state index contributed by atoms with van der Waals surface area (Å²) >= 11 is 4.94. The van der Waals surface area contributed by atoms with E-state index in [1.165, 1.54) is 4.68 Å². The standard InChI is InChI=1S/C12H12F3N3S2/c1-7-3-4-8(5-9(7)19)10-16-11(18(2)17-10)20-6-12(13,14)15/h3-5,19H,6H2,1-2H3. The summed E-state index contributed by atoms with van der Waals surface area (Å²) in [4.78, 5) is 4.93. The van der Waals surface area contributed by atoms with Gasteiger partial charge in [0.05, 0.1) is 5.75 Å². The zero-order chi connectivity index (χ0) is 14.9. The molecule has 0 spiro atoms. The Bertz CT molecular complexity index is 623. The Hall–Kier alpha value is -1.15. The van der Waals surface area contributed by atoms with Gasteiger partial charge in [-0.25, -0.2) is 9.67 Å². The van der Waals surface area contributed by atoms with Gasteiger partial charge in [0.1, 0.15) is 0 Å². The van der Waals surface area contributed by atoms with Crippen LogP contribution >= 0.6 is 24.4 Å². The molecule has 0 unspecified atom stereocenters. The molecule has 3 nitrogen and oxygen atoms in total. The van der Waals surface area contributed by atoms with Crippen molar-refractivity contribution in [1.82, 2.24) is 14.8 Å². The molecule has 1 aromatic heterocycles. The van der Waals surface area contributed by atoms with E-state index in [9.17, 15) is 13.2 Å². The van der Waals surface area contributed by atoms with Crippen LogP contribution in [0.2, 0.25) is 0 Å². The third-order valence-electron chi connectivity index (χ3n) is 2.56. The number of rotatable bonds is 3. The second-order valence-corrected chi connectivity index (χ2v) is 5.67. The lowest BCUT2D eigenvalue weighted by molar-refractivity contribution is -0.105. The Morgan fingerprint density at radius 2 is 2.05 bits per heavy atom. The molecule has 2 aromatic rings. The Kier molecular flexibility index (Phi) is 4.33. The highest BCUT2D eigenvalue weighted by Gasteiger charge is 2.28. The first-order valence-corrected chi connectivity index (χ1v) is 7.10. The SMILES string of the molecule is Cc1ccc(-c2nc(SCC(F)(F)F)n(C)n2)cc1S. The zero-order valence-electron chi connectivity index (χ0n) is 10.8. The van der Waals surface area contributed by atoms with Crippen molar-refractivity contribution in [3.05, 3.63) is 23.8 Å². The normalized spacial score (nSPS) is 11.9. The highest BCUT2D eigenvalue weighted by molar-refractivity contribution is 7.99. The molecule has 0 aliphatic carbocycles. The van der Waals surface area contributed by atoms with Crippen LogP contribution in [0.5, 0.6) is 0 Å². The van der Waals surface area contributed by atoms with Crippen LogP contribution < -0.4 is 0 Å². The quantitative estimate of drug-likeness (QED) is 0.691. The summed E-state index contributed by atoms with van der Waals surface area (Å²) in [5.74, 6) is -0.586. The van der Waals surface area contributed by atoms with Crippen molar-refractivity contribution in [3.8, 4) is 11.4 Å². The van der Waals surface area contributed by atoms with E-state index in [0.29, 0.717) is 17.6 Å². The molecule has 0 bridgehead atoms. The highest BCUT2D eigenvalue weighted by atomic mass is 32.2. The van der Waals surface area contributed by atoms with Gasteiger partial charge in [-0.05, 0) is 18.6 Å². The molecule has 0 radical (unpaired) electrons. The first-order valence-electron chi connectivity index (χ1n) is 5.67. The predicted octanol–water partition coefficient (Wildman–Crippen LogP) is 3.73. The Balaban J connectivity index is 2.24. The summed E-state index contributed by atoms with van der Waals surface area (Å²) in [6.45, 7) is 1.92. The molecular weight excluding hydrogens is 307 g/mol. The molecule has 1 heterocycles. The van der Waals surface area contributed by atoms with Crippen molar-refractivity contribution in [2.24, 2.45) is 7.05 Å². The first kappa shape index (κ1) is 15.2. The highest BCUT2D eigenvalue weighted by Crippen LogP contribution is 2.28. The minimum absolute atomic E-state index is 0.235. The van der Waals surface area contributed by atoms with Crippen LogP contribution in [-0.2, 0) is 7.05 Å². The van der Waals surface area contributed by atoms with Gasteiger partial charge in [-0.3, -0.25) is 0 Å². The Labute approximate surface area is 124 Å². The summed E-state index contributed by atoms with van der Waals surface area (Å²) in [6.07, 6.45) is -4.22. The monoisotopic (exact) mass is 319 g/mol. The van der Waals surface area contributed by atoms with Gasteiger partial charge in [0.2, 0.25) is 0 Å². The first-order chi connectivity index (χ1) is 9.26. The van der Waals surface area contributed by atoms with E-state index in [0.717, 1.165) is 16.0 Å². The number of benzene rings is 1. The minimum Gasteiger partial charge on any atom is -0.243 e. The number of thiol groups is 1. The smallest absolute Gasteiger partial charge is 0.243 e. The van der Waals surface area contributed by atoms with Gasteiger partial charge in [0, 0.05) is 17.5 Å². The average Bonchev–Trinajstić information content (AvgIpc) is 2.71. The van der Waals surface area contributed by atoms with E-state index in [1.54, 1.807) is 13.1 Å². The van der Waals surface area contributed by atoms with Crippen molar-refractivity contribution in [2.45, 2.75) is 23.2 Å². The van der Waals surface area contributed by atoms with Gasteiger partial charge in [0.25, 0.3) is 0 Å². The lowest BCUT2D eigenvalue weighted by Gasteiger charge is -2.03. The molecule has 0 aliphatic rings. The number of aryl methyl sites for hydroxylation is 2. The van der Waals surface area contributed by atoms with Gasteiger partial charge in [0.15, 0.2) is 11.0 Å². The van der Waals surface area contributed by atoms with Crippen LogP contribution in [-0.4, -0.2) is 26.7 Å². The van der Waals surface area contributed by atoms with Crippen LogP contribution in [0.15, 0.2) is 28.3 Å². The van der Waals surface area contributed by atoms with E-state index in [1.807, 2.05) is 19.1 Å². The third kappa shape index (κ3) is 3.69. The van der Waals surface area contributed by atoms with Gasteiger partial charge in [-0.15, -0.1) is 12.6 Å². The van der Waals surface area contributed by atoms with E-state index >= 15 is 0 Å². The molecule has 0 saturated carbocycles. The van der Waals surface area contributed by atoms with Gasteiger partial charge in [-0.1, -0.05) is 23.9 Å². The lowest BCUT2D eigenvalue weighted by atomic mass is 10.1. The second-order valence-electron chi connectivity index (χ2n) is 4.25. The molecule has 0 aliphatic heterocycles. The third-order valence-corrected chi connectivity index (χ3v) is 4.12. The van der Waals surface area contributed by atoms with Crippen molar-refractivity contribution in [1.29, 1.82) is 0 Å². The number of aromatic nitrogens is 3. The summed E-state index contributed by atoms with van der Waals surface area (Å²) in [6, 6.07) is 5.49. The van der Waals surface area contributed by atoms with E-state index < -0.39 is 11.9 Å². The summed E-state index contributed by atoms with van der Waals surface area (Å²) in [5.41, 5.74) is 1.75. The maximum absolute atomic E-state index is 12.2. The Morgan fingerprint density at radius 3 is 2.65 bits per heavy atom. The van der Waals surface area contributed by atoms with Crippen molar-refractivity contribution >= 4 is 24.4 Å². The molecule has 20 heavy (non-hydrogen) atoms. The molecule has 0 amide bonds. The molecule has 0 atom stereocenters. The van der Waals surface area contributed by atoms with Crippen LogP contribution in [0.1, 0.15) is 5.56 Å². The lowest BCUT2D eigenvalue weighted by Crippen LogP contribution is -2.11. The van der Waals surface area contributed by atoms with Crippen molar-refractivity contribution in [3.63, 3.8) is 0 Å². The number of thioether (sulfide) groups is 1. The topological polar surface area (TPSA) is 30.7 Å². The number of hydrogen-bond donors (Lipinski definition) is 1. The number of hydrogen-bond acceptors (Lipinski definition) is 4. The fourth-order valence-corrected chi connectivity index (χ4v) is 2.40. The fraction of sp³-hybridized carbons (Fsp3) is 0.333. The predicted molar refractivity (Wildman–Crippen MR) is 75.2 cm³/mol. The van der Waals surface area contributed by atoms with Crippen LogP contribution in [0, 0.1) is 6.92 Å². The average molecular weight is 319 g/mol. The van der Waals surface area contributed by atoms with E-state index in [-0.39, 0.29) is 5.16 Å². The molecular formula is C12H12F3N3S2. The van der Waals surface area contributed by atoms with Crippen LogP contribution in [0.4, 0.5) is 13.2 Å². The van der Waals surface area contributed by atoms with Gasteiger partial charge >= 0.3 is 6.18 Å². The molecule has 8 heteroatoms. The summed E-state index contributed by atoms with van der Waals surface area (Å²) in [7, 11) is 1.57. The number of nitrogens with zero attached hydrogens (tertiary/aromatic N) is 3. The molecule has 108 valence electrons. The van der Waals surface area contributed by atoms with E-state index in [2.05, 4.69) is 22.7 Å². The largest absolute Gasteiger partial charge is 0.398 e. The maximum atomic E-state index is 12.2. The molecule has 1 aromatic carbocycles. The molecule has 0 saturated heterocycles. The van der Waals surface area contributed by atoms with E-state index in [4.69, 9.17) is 0 Å². The molecule has 0 N–H and O–H groups in total. The zero-order valence-corrected chi connectivity index (χ0v) is 12.5. The van der Waals surface area contributed by atoms with Crippen molar-refractivity contribution in [2.75, 3.05) is 5.75 Å². The Morgan fingerprint density at radius 1 is 1.35 bits per heavy atom. The summed E-state index contributed by atoms with van der Waals surface area (Å²) in [5, 5.41) is 4.37. The summed E-state index contributed by atoms with van der Waals surface area (Å²) < 4.78 is 38.0.